The first kappa shape index (κ1) is 9.86. The van der Waals surface area contributed by atoms with Crippen LogP contribution in [-0.4, -0.2) is 15.3 Å². The van der Waals surface area contributed by atoms with Crippen molar-refractivity contribution in [2.75, 3.05) is 0 Å². The van der Waals surface area contributed by atoms with E-state index in [0.717, 1.165) is 0 Å². The standard InChI is InChI=1S/C10H14O3/c1-5-6(2)10(13)8(4-11)7(3)9(5)12/h11-13H,4H2,1-3H3. The van der Waals surface area contributed by atoms with Gasteiger partial charge in [0.1, 0.15) is 11.5 Å². The van der Waals surface area contributed by atoms with Crippen molar-refractivity contribution in [1.82, 2.24) is 0 Å². The molecule has 1 aromatic carbocycles. The average molecular weight is 182 g/mol. The van der Waals surface area contributed by atoms with Gasteiger partial charge in [0.2, 0.25) is 0 Å². The van der Waals surface area contributed by atoms with Crippen molar-refractivity contribution in [2.24, 2.45) is 0 Å². The van der Waals surface area contributed by atoms with Crippen molar-refractivity contribution in [3.05, 3.63) is 22.3 Å². The number of hydrogen-bond donors (Lipinski definition) is 3. The van der Waals surface area contributed by atoms with Crippen LogP contribution in [0.15, 0.2) is 0 Å². The van der Waals surface area contributed by atoms with Crippen molar-refractivity contribution >= 4 is 0 Å². The lowest BCUT2D eigenvalue weighted by molar-refractivity contribution is 0.273. The minimum Gasteiger partial charge on any atom is -0.507 e. The Kier molecular flexibility index (Phi) is 2.48. The second-order valence-electron chi connectivity index (χ2n) is 3.21. The molecule has 3 nitrogen and oxygen atoms in total. The van der Waals surface area contributed by atoms with Gasteiger partial charge in [-0.2, -0.15) is 0 Å². The lowest BCUT2D eigenvalue weighted by Gasteiger charge is -2.13. The van der Waals surface area contributed by atoms with Crippen molar-refractivity contribution in [3.63, 3.8) is 0 Å². The van der Waals surface area contributed by atoms with Gasteiger partial charge in [-0.3, -0.25) is 0 Å². The Morgan fingerprint density at radius 3 is 1.77 bits per heavy atom. The molecule has 0 spiro atoms. The van der Waals surface area contributed by atoms with Crippen molar-refractivity contribution < 1.29 is 15.3 Å². The Morgan fingerprint density at radius 2 is 1.31 bits per heavy atom. The maximum atomic E-state index is 9.61. The van der Waals surface area contributed by atoms with Gasteiger partial charge in [-0.1, -0.05) is 0 Å². The van der Waals surface area contributed by atoms with Crippen LogP contribution in [0.25, 0.3) is 0 Å². The lowest BCUT2D eigenvalue weighted by Crippen LogP contribution is -1.95. The highest BCUT2D eigenvalue weighted by Gasteiger charge is 2.14. The van der Waals surface area contributed by atoms with Crippen LogP contribution in [-0.2, 0) is 6.61 Å². The maximum Gasteiger partial charge on any atom is 0.124 e. The summed E-state index contributed by atoms with van der Waals surface area (Å²) in [5.74, 6) is 0.231. The molecule has 1 aromatic rings. The zero-order chi connectivity index (χ0) is 10.2. The summed E-state index contributed by atoms with van der Waals surface area (Å²) in [7, 11) is 0. The van der Waals surface area contributed by atoms with E-state index in [0.29, 0.717) is 22.3 Å². The molecule has 13 heavy (non-hydrogen) atoms. The molecule has 0 bridgehead atoms. The second kappa shape index (κ2) is 3.26. The first-order chi connectivity index (χ1) is 6.00. The minimum atomic E-state index is -0.258. The molecule has 0 amide bonds. The Bertz CT molecular complexity index is 314. The summed E-state index contributed by atoms with van der Waals surface area (Å²) in [6.07, 6.45) is 0. The molecule has 0 fully saturated rings. The minimum absolute atomic E-state index is 0.0790. The molecular formula is C10H14O3. The number of phenolic OH excluding ortho intramolecular Hbond substituents is 1. The fourth-order valence-corrected chi connectivity index (χ4v) is 1.38. The molecule has 0 unspecified atom stereocenters. The van der Waals surface area contributed by atoms with E-state index < -0.39 is 0 Å². The fourth-order valence-electron chi connectivity index (χ4n) is 1.38. The molecule has 0 atom stereocenters. The van der Waals surface area contributed by atoms with Gasteiger partial charge in [0, 0.05) is 11.1 Å². The zero-order valence-corrected chi connectivity index (χ0v) is 8.05. The summed E-state index contributed by atoms with van der Waals surface area (Å²) < 4.78 is 0. The summed E-state index contributed by atoms with van der Waals surface area (Å²) in [4.78, 5) is 0. The third-order valence-electron chi connectivity index (χ3n) is 2.52. The van der Waals surface area contributed by atoms with Gasteiger partial charge in [0.15, 0.2) is 0 Å². The predicted octanol–water partition coefficient (Wildman–Crippen LogP) is 1.52. The van der Waals surface area contributed by atoms with Crippen molar-refractivity contribution in [3.8, 4) is 11.5 Å². The Balaban J connectivity index is 3.56. The molecule has 0 radical (unpaired) electrons. The Morgan fingerprint density at radius 1 is 0.846 bits per heavy atom. The van der Waals surface area contributed by atoms with E-state index in [4.69, 9.17) is 5.11 Å². The van der Waals surface area contributed by atoms with Crippen molar-refractivity contribution in [1.29, 1.82) is 0 Å². The van der Waals surface area contributed by atoms with Crippen LogP contribution in [0, 0.1) is 20.8 Å². The molecule has 0 heterocycles. The SMILES string of the molecule is Cc1c(C)c(O)c(CO)c(C)c1O. The number of aliphatic hydroxyl groups is 1. The topological polar surface area (TPSA) is 60.7 Å². The van der Waals surface area contributed by atoms with Crippen LogP contribution in [0.1, 0.15) is 22.3 Å². The molecule has 0 aromatic heterocycles. The van der Waals surface area contributed by atoms with Gasteiger partial charge in [-0.25, -0.2) is 0 Å². The van der Waals surface area contributed by atoms with Crippen LogP contribution in [0.2, 0.25) is 0 Å². The largest absolute Gasteiger partial charge is 0.507 e. The fraction of sp³-hybridized carbons (Fsp3) is 0.400. The second-order valence-corrected chi connectivity index (χ2v) is 3.21. The van der Waals surface area contributed by atoms with Crippen LogP contribution in [0.5, 0.6) is 11.5 Å². The summed E-state index contributed by atoms with van der Waals surface area (Å²) in [5.41, 5.74) is 2.23. The number of hydrogen-bond acceptors (Lipinski definition) is 3. The van der Waals surface area contributed by atoms with Gasteiger partial charge in [-0.05, 0) is 31.9 Å². The smallest absolute Gasteiger partial charge is 0.124 e. The summed E-state index contributed by atoms with van der Waals surface area (Å²) >= 11 is 0. The molecule has 3 N–H and O–H groups in total. The van der Waals surface area contributed by atoms with E-state index in [1.807, 2.05) is 0 Å². The van der Waals surface area contributed by atoms with Gasteiger partial charge < -0.3 is 15.3 Å². The monoisotopic (exact) mass is 182 g/mol. The number of phenols is 2. The highest BCUT2D eigenvalue weighted by atomic mass is 16.3. The Labute approximate surface area is 77.3 Å². The molecule has 0 saturated carbocycles. The quantitative estimate of drug-likeness (QED) is 0.577. The zero-order valence-electron chi connectivity index (χ0n) is 8.05. The van der Waals surface area contributed by atoms with Crippen LogP contribution in [0.3, 0.4) is 0 Å². The molecule has 1 rings (SSSR count). The number of benzene rings is 1. The predicted molar refractivity (Wildman–Crippen MR) is 49.9 cm³/mol. The van der Waals surface area contributed by atoms with Gasteiger partial charge >= 0.3 is 0 Å². The lowest BCUT2D eigenvalue weighted by atomic mass is 9.98. The van der Waals surface area contributed by atoms with Crippen LogP contribution in [0.4, 0.5) is 0 Å². The van der Waals surface area contributed by atoms with E-state index in [9.17, 15) is 10.2 Å². The van der Waals surface area contributed by atoms with E-state index in [1.165, 1.54) is 0 Å². The number of aromatic hydroxyl groups is 2. The van der Waals surface area contributed by atoms with E-state index in [2.05, 4.69) is 0 Å². The maximum absolute atomic E-state index is 9.61. The Hall–Kier alpha value is -1.22. The normalized spacial score (nSPS) is 10.5. The molecular weight excluding hydrogens is 168 g/mol. The van der Waals surface area contributed by atoms with Crippen LogP contribution < -0.4 is 0 Å². The number of rotatable bonds is 1. The summed E-state index contributed by atoms with van der Waals surface area (Å²) in [6, 6.07) is 0. The number of aliphatic hydroxyl groups excluding tert-OH is 1. The molecule has 0 aliphatic heterocycles. The highest BCUT2D eigenvalue weighted by Crippen LogP contribution is 2.35. The van der Waals surface area contributed by atoms with Gasteiger partial charge in [0.05, 0.1) is 6.61 Å². The van der Waals surface area contributed by atoms with E-state index in [1.54, 1.807) is 20.8 Å². The average Bonchev–Trinajstić information content (AvgIpc) is 2.13. The van der Waals surface area contributed by atoms with Crippen molar-refractivity contribution in [2.45, 2.75) is 27.4 Å². The van der Waals surface area contributed by atoms with Gasteiger partial charge in [-0.15, -0.1) is 0 Å². The molecule has 0 aliphatic carbocycles. The molecule has 3 heteroatoms. The molecule has 0 aliphatic rings. The van der Waals surface area contributed by atoms with E-state index in [-0.39, 0.29) is 18.1 Å². The molecule has 0 saturated heterocycles. The third-order valence-corrected chi connectivity index (χ3v) is 2.52. The third kappa shape index (κ3) is 1.35. The molecule has 72 valence electrons. The summed E-state index contributed by atoms with van der Waals surface area (Å²) in [5, 5.41) is 28.2. The van der Waals surface area contributed by atoms with Gasteiger partial charge in [0.25, 0.3) is 0 Å². The summed E-state index contributed by atoms with van der Waals surface area (Å²) in [6.45, 7) is 4.86. The first-order valence-corrected chi connectivity index (χ1v) is 4.12. The van der Waals surface area contributed by atoms with Crippen LogP contribution >= 0.6 is 0 Å². The highest BCUT2D eigenvalue weighted by molar-refractivity contribution is 5.56. The van der Waals surface area contributed by atoms with E-state index >= 15 is 0 Å². The first-order valence-electron chi connectivity index (χ1n) is 4.12.